The average Bonchev–Trinajstić information content (AvgIpc) is 2.91. The van der Waals surface area contributed by atoms with Crippen molar-refractivity contribution in [3.8, 4) is 0 Å². The van der Waals surface area contributed by atoms with Gasteiger partial charge in [-0.2, -0.15) is 0 Å². The van der Waals surface area contributed by atoms with Crippen LogP contribution < -0.4 is 5.73 Å². The maximum absolute atomic E-state index is 11.7. The monoisotopic (exact) mass is 248 g/mol. The molecule has 0 amide bonds. The lowest BCUT2D eigenvalue weighted by molar-refractivity contribution is 0.0603. The van der Waals surface area contributed by atoms with Crippen LogP contribution in [0.3, 0.4) is 0 Å². The molecule has 2 aromatic heterocycles. The van der Waals surface area contributed by atoms with E-state index in [1.807, 2.05) is 0 Å². The number of carbonyl (C=O) groups is 1. The summed E-state index contributed by atoms with van der Waals surface area (Å²) in [7, 11) is 1.35. The third-order valence-electron chi connectivity index (χ3n) is 2.52. The van der Waals surface area contributed by atoms with Crippen molar-refractivity contribution >= 4 is 43.6 Å². The summed E-state index contributed by atoms with van der Waals surface area (Å²) in [5, 5.41) is 1.13. The van der Waals surface area contributed by atoms with Crippen LogP contribution >= 0.6 is 11.3 Å². The third-order valence-corrected chi connectivity index (χ3v) is 3.35. The summed E-state index contributed by atoms with van der Waals surface area (Å²) in [5.74, 6) is -0.398. The Kier molecular flexibility index (Phi) is 2.05. The molecule has 0 spiro atoms. The first-order valence-corrected chi connectivity index (χ1v) is 5.67. The number of benzene rings is 1. The zero-order chi connectivity index (χ0) is 12.0. The lowest BCUT2D eigenvalue weighted by atomic mass is 10.1. The fourth-order valence-corrected chi connectivity index (χ4v) is 2.58. The lowest BCUT2D eigenvalue weighted by Gasteiger charge is -2.00. The highest BCUT2D eigenvalue weighted by Crippen LogP contribution is 2.33. The number of ether oxygens (including phenoxy) is 1. The Balaban J connectivity index is 2.47. The molecule has 2 heterocycles. The number of methoxy groups -OCH3 is 1. The molecule has 86 valence electrons. The number of anilines is 1. The molecule has 6 heteroatoms. The Bertz CT molecular complexity index is 729. The number of furan rings is 1. The summed E-state index contributed by atoms with van der Waals surface area (Å²) in [5.41, 5.74) is 7.37. The van der Waals surface area contributed by atoms with Crippen molar-refractivity contribution in [1.82, 2.24) is 4.98 Å². The van der Waals surface area contributed by atoms with Gasteiger partial charge in [0.15, 0.2) is 10.7 Å². The first-order valence-electron chi connectivity index (χ1n) is 4.85. The molecule has 5 nitrogen and oxygen atoms in total. The molecular formula is C11H8N2O3S. The highest BCUT2D eigenvalue weighted by molar-refractivity contribution is 7.22. The van der Waals surface area contributed by atoms with Gasteiger partial charge in [0.1, 0.15) is 5.52 Å². The van der Waals surface area contributed by atoms with Crippen LogP contribution in [0.25, 0.3) is 21.2 Å². The van der Waals surface area contributed by atoms with Crippen LogP contribution in [-0.2, 0) is 4.74 Å². The van der Waals surface area contributed by atoms with E-state index in [0.717, 1.165) is 4.70 Å². The second-order valence-corrected chi connectivity index (χ2v) is 4.54. The molecular weight excluding hydrogens is 240 g/mol. The first kappa shape index (κ1) is 10.1. The second kappa shape index (κ2) is 3.46. The molecule has 0 saturated carbocycles. The molecule has 0 fully saturated rings. The number of thiazole rings is 1. The minimum Gasteiger partial charge on any atom is -0.465 e. The molecule has 17 heavy (non-hydrogen) atoms. The Hall–Kier alpha value is -2.08. The van der Waals surface area contributed by atoms with Crippen LogP contribution in [0.2, 0.25) is 0 Å². The molecule has 0 aliphatic heterocycles. The lowest BCUT2D eigenvalue weighted by Crippen LogP contribution is -2.01. The van der Waals surface area contributed by atoms with Gasteiger partial charge in [-0.05, 0) is 12.1 Å². The Morgan fingerprint density at radius 3 is 3.18 bits per heavy atom. The van der Waals surface area contributed by atoms with Crippen LogP contribution in [0.4, 0.5) is 5.13 Å². The van der Waals surface area contributed by atoms with E-state index in [1.54, 1.807) is 12.1 Å². The summed E-state index contributed by atoms with van der Waals surface area (Å²) < 4.78 is 10.9. The molecule has 0 atom stereocenters. The largest absolute Gasteiger partial charge is 0.465 e. The van der Waals surface area contributed by atoms with E-state index in [4.69, 9.17) is 14.9 Å². The third kappa shape index (κ3) is 1.38. The summed E-state index contributed by atoms with van der Waals surface area (Å²) >= 11 is 1.31. The smallest absolute Gasteiger partial charge is 0.338 e. The summed E-state index contributed by atoms with van der Waals surface area (Å²) in [6.45, 7) is 0. The van der Waals surface area contributed by atoms with Gasteiger partial charge >= 0.3 is 5.97 Å². The number of aromatic nitrogens is 1. The quantitative estimate of drug-likeness (QED) is 0.669. The molecule has 0 radical (unpaired) electrons. The minimum absolute atomic E-state index is 0.398. The van der Waals surface area contributed by atoms with E-state index in [1.165, 1.54) is 24.7 Å². The van der Waals surface area contributed by atoms with Crippen LogP contribution in [0.1, 0.15) is 10.4 Å². The van der Waals surface area contributed by atoms with Gasteiger partial charge in [-0.25, -0.2) is 9.78 Å². The van der Waals surface area contributed by atoms with Crippen molar-refractivity contribution in [2.75, 3.05) is 12.8 Å². The number of carbonyl (C=O) groups excluding carboxylic acids is 1. The number of esters is 1. The zero-order valence-corrected chi connectivity index (χ0v) is 9.71. The van der Waals surface area contributed by atoms with E-state index in [-0.39, 0.29) is 0 Å². The van der Waals surface area contributed by atoms with Crippen molar-refractivity contribution < 1.29 is 13.9 Å². The van der Waals surface area contributed by atoms with Crippen molar-refractivity contribution in [3.05, 3.63) is 24.0 Å². The SMILES string of the molecule is COC(=O)c1cc2sc(N)nc2c2occc12. The number of nitrogen functional groups attached to an aromatic ring is 1. The maximum Gasteiger partial charge on any atom is 0.338 e. The van der Waals surface area contributed by atoms with Gasteiger partial charge in [0, 0.05) is 5.39 Å². The first-order chi connectivity index (χ1) is 8.20. The van der Waals surface area contributed by atoms with Gasteiger partial charge in [0.2, 0.25) is 0 Å². The van der Waals surface area contributed by atoms with Crippen LogP contribution in [0.15, 0.2) is 22.8 Å². The van der Waals surface area contributed by atoms with Crippen molar-refractivity contribution in [3.63, 3.8) is 0 Å². The second-order valence-electron chi connectivity index (χ2n) is 3.48. The highest BCUT2D eigenvalue weighted by atomic mass is 32.1. The highest BCUT2D eigenvalue weighted by Gasteiger charge is 2.17. The molecule has 0 bridgehead atoms. The number of hydrogen-bond donors (Lipinski definition) is 1. The standard InChI is InChI=1S/C11H8N2O3S/c1-15-10(14)6-4-7-8(13-11(12)17-7)9-5(6)2-3-16-9/h2-4H,1H3,(H2,12,13). The van der Waals surface area contributed by atoms with Crippen molar-refractivity contribution in [2.24, 2.45) is 0 Å². The fraction of sp³-hybridized carbons (Fsp3) is 0.0909. The van der Waals surface area contributed by atoms with E-state index in [9.17, 15) is 4.79 Å². The van der Waals surface area contributed by atoms with E-state index in [2.05, 4.69) is 4.98 Å². The Morgan fingerprint density at radius 1 is 1.59 bits per heavy atom. The molecule has 0 unspecified atom stereocenters. The Labute approximate surface area is 99.8 Å². The average molecular weight is 248 g/mol. The van der Waals surface area contributed by atoms with Crippen LogP contribution in [0, 0.1) is 0 Å². The van der Waals surface area contributed by atoms with Crippen LogP contribution in [-0.4, -0.2) is 18.1 Å². The van der Waals surface area contributed by atoms with E-state index >= 15 is 0 Å². The predicted octanol–water partition coefficient (Wildman–Crippen LogP) is 2.41. The summed E-state index contributed by atoms with van der Waals surface area (Å²) in [4.78, 5) is 15.9. The fourth-order valence-electron chi connectivity index (χ4n) is 1.80. The van der Waals surface area contributed by atoms with Gasteiger partial charge in [-0.15, -0.1) is 0 Å². The molecule has 2 N–H and O–H groups in total. The van der Waals surface area contributed by atoms with Gasteiger partial charge in [-0.1, -0.05) is 11.3 Å². The number of fused-ring (bicyclic) bond motifs is 3. The van der Waals surface area contributed by atoms with E-state index in [0.29, 0.717) is 27.2 Å². The summed E-state index contributed by atoms with van der Waals surface area (Å²) in [6, 6.07) is 3.45. The van der Waals surface area contributed by atoms with Gasteiger partial charge in [0.25, 0.3) is 0 Å². The number of nitrogens with zero attached hydrogens (tertiary/aromatic N) is 1. The number of rotatable bonds is 1. The molecule has 0 aliphatic carbocycles. The molecule has 3 rings (SSSR count). The van der Waals surface area contributed by atoms with E-state index < -0.39 is 5.97 Å². The maximum atomic E-state index is 11.7. The topological polar surface area (TPSA) is 78.4 Å². The molecule has 3 aromatic rings. The summed E-state index contributed by atoms with van der Waals surface area (Å²) in [6.07, 6.45) is 1.52. The van der Waals surface area contributed by atoms with Gasteiger partial charge in [0.05, 0.1) is 23.6 Å². The normalized spacial score (nSPS) is 11.1. The molecule has 0 saturated heterocycles. The predicted molar refractivity (Wildman–Crippen MR) is 65.1 cm³/mol. The minimum atomic E-state index is -0.398. The van der Waals surface area contributed by atoms with Crippen molar-refractivity contribution in [1.29, 1.82) is 0 Å². The molecule has 0 aliphatic rings. The van der Waals surface area contributed by atoms with Crippen LogP contribution in [0.5, 0.6) is 0 Å². The van der Waals surface area contributed by atoms with Gasteiger partial charge < -0.3 is 14.9 Å². The number of nitrogens with two attached hydrogens (primary N) is 1. The van der Waals surface area contributed by atoms with Gasteiger partial charge in [-0.3, -0.25) is 0 Å². The number of hydrogen-bond acceptors (Lipinski definition) is 6. The van der Waals surface area contributed by atoms with Crippen molar-refractivity contribution in [2.45, 2.75) is 0 Å². The molecule has 1 aromatic carbocycles. The Morgan fingerprint density at radius 2 is 2.41 bits per heavy atom. The zero-order valence-electron chi connectivity index (χ0n) is 8.89.